The molecule has 16 heavy (non-hydrogen) atoms. The Bertz CT molecular complexity index is 540. The summed E-state index contributed by atoms with van der Waals surface area (Å²) in [6.07, 6.45) is 0. The number of hydrogen-bond donors (Lipinski definition) is 0. The summed E-state index contributed by atoms with van der Waals surface area (Å²) in [5.74, 6) is 1.44. The highest BCUT2D eigenvalue weighted by Crippen LogP contribution is 2.32. The highest BCUT2D eigenvalue weighted by atomic mass is 35.5. The van der Waals surface area contributed by atoms with E-state index in [4.69, 9.17) is 21.1 Å². The zero-order valence-corrected chi connectivity index (χ0v) is 10.1. The lowest BCUT2D eigenvalue weighted by molar-refractivity contribution is 0.398. The number of aryl methyl sites for hydroxylation is 1. The van der Waals surface area contributed by atoms with Crippen molar-refractivity contribution in [3.8, 4) is 11.5 Å². The molecule has 1 aromatic carbocycles. The maximum absolute atomic E-state index is 5.99. The minimum Gasteiger partial charge on any atom is -0.497 e. The number of fused-ring (bicyclic) bond motifs is 1. The second-order valence-corrected chi connectivity index (χ2v) is 3.85. The van der Waals surface area contributed by atoms with Gasteiger partial charge in [-0.15, -0.1) is 0 Å². The summed E-state index contributed by atoms with van der Waals surface area (Å²) in [5.41, 5.74) is 1.70. The summed E-state index contributed by atoms with van der Waals surface area (Å²) in [6.45, 7) is 1.92. The maximum Gasteiger partial charge on any atom is 0.132 e. The van der Waals surface area contributed by atoms with Crippen molar-refractivity contribution in [2.24, 2.45) is 0 Å². The molecular weight excluding hydrogens is 226 g/mol. The van der Waals surface area contributed by atoms with Gasteiger partial charge in [-0.1, -0.05) is 11.6 Å². The fourth-order valence-corrected chi connectivity index (χ4v) is 1.73. The first kappa shape index (κ1) is 11.0. The van der Waals surface area contributed by atoms with Crippen LogP contribution >= 0.6 is 11.6 Å². The number of ether oxygens (including phenoxy) is 2. The van der Waals surface area contributed by atoms with Crippen LogP contribution in [0.25, 0.3) is 10.9 Å². The van der Waals surface area contributed by atoms with Crippen LogP contribution in [0.3, 0.4) is 0 Å². The van der Waals surface area contributed by atoms with Gasteiger partial charge in [-0.2, -0.15) is 0 Å². The van der Waals surface area contributed by atoms with Gasteiger partial charge in [0.05, 0.1) is 19.7 Å². The molecule has 0 fully saturated rings. The third-order valence-electron chi connectivity index (χ3n) is 2.45. The molecule has 0 amide bonds. The van der Waals surface area contributed by atoms with Crippen molar-refractivity contribution >= 4 is 22.5 Å². The Labute approximate surface area is 99.0 Å². The molecule has 0 aliphatic rings. The average molecular weight is 238 g/mol. The molecule has 0 spiro atoms. The van der Waals surface area contributed by atoms with Gasteiger partial charge in [-0.3, -0.25) is 0 Å². The first-order chi connectivity index (χ1) is 7.65. The van der Waals surface area contributed by atoms with Crippen molar-refractivity contribution in [1.29, 1.82) is 0 Å². The zero-order chi connectivity index (χ0) is 11.7. The summed E-state index contributed by atoms with van der Waals surface area (Å²) in [7, 11) is 3.23. The van der Waals surface area contributed by atoms with Crippen LogP contribution in [0.2, 0.25) is 5.15 Å². The Balaban J connectivity index is 2.79. The van der Waals surface area contributed by atoms with E-state index in [0.29, 0.717) is 10.9 Å². The predicted octanol–water partition coefficient (Wildman–Crippen LogP) is 3.21. The van der Waals surface area contributed by atoms with Crippen LogP contribution in [0.15, 0.2) is 18.2 Å². The first-order valence-corrected chi connectivity index (χ1v) is 5.22. The van der Waals surface area contributed by atoms with Gasteiger partial charge in [-0.05, 0) is 18.6 Å². The standard InChI is InChI=1S/C12H12ClNO2/c1-7-4-9-10(14-12(7)13)5-8(15-2)6-11(9)16-3/h4-6H,1-3H3. The third kappa shape index (κ3) is 1.78. The van der Waals surface area contributed by atoms with Gasteiger partial charge < -0.3 is 9.47 Å². The number of aromatic nitrogens is 1. The molecule has 4 heteroatoms. The molecule has 3 nitrogen and oxygen atoms in total. The van der Waals surface area contributed by atoms with E-state index in [2.05, 4.69) is 4.98 Å². The molecule has 0 saturated heterocycles. The predicted molar refractivity (Wildman–Crippen MR) is 64.6 cm³/mol. The van der Waals surface area contributed by atoms with Crippen LogP contribution in [0.1, 0.15) is 5.56 Å². The number of nitrogens with zero attached hydrogens (tertiary/aromatic N) is 1. The van der Waals surface area contributed by atoms with Crippen molar-refractivity contribution in [3.05, 3.63) is 28.9 Å². The normalized spacial score (nSPS) is 10.5. The Morgan fingerprint density at radius 1 is 1.12 bits per heavy atom. The molecule has 0 unspecified atom stereocenters. The number of hydrogen-bond acceptors (Lipinski definition) is 3. The molecular formula is C12H12ClNO2. The molecule has 2 rings (SSSR count). The molecule has 0 aliphatic heterocycles. The number of benzene rings is 1. The van der Waals surface area contributed by atoms with Crippen molar-refractivity contribution in [2.45, 2.75) is 6.92 Å². The van der Waals surface area contributed by atoms with Crippen molar-refractivity contribution < 1.29 is 9.47 Å². The molecule has 0 N–H and O–H groups in total. The maximum atomic E-state index is 5.99. The lowest BCUT2D eigenvalue weighted by atomic mass is 10.1. The molecule has 84 valence electrons. The van der Waals surface area contributed by atoms with Crippen LogP contribution in [0.5, 0.6) is 11.5 Å². The van der Waals surface area contributed by atoms with Gasteiger partial charge in [0.25, 0.3) is 0 Å². The van der Waals surface area contributed by atoms with Crippen molar-refractivity contribution in [2.75, 3.05) is 14.2 Å². The van der Waals surface area contributed by atoms with E-state index < -0.39 is 0 Å². The topological polar surface area (TPSA) is 31.4 Å². The lowest BCUT2D eigenvalue weighted by Gasteiger charge is -2.09. The van der Waals surface area contributed by atoms with Gasteiger partial charge >= 0.3 is 0 Å². The Morgan fingerprint density at radius 3 is 2.50 bits per heavy atom. The monoisotopic (exact) mass is 237 g/mol. The third-order valence-corrected chi connectivity index (χ3v) is 2.84. The van der Waals surface area contributed by atoms with Crippen LogP contribution in [-0.4, -0.2) is 19.2 Å². The molecule has 0 saturated carbocycles. The van der Waals surface area contributed by atoms with Gasteiger partial charge in [-0.25, -0.2) is 4.98 Å². The van der Waals surface area contributed by atoms with E-state index in [9.17, 15) is 0 Å². The van der Waals surface area contributed by atoms with E-state index in [1.807, 2.05) is 25.1 Å². The fourth-order valence-electron chi connectivity index (χ4n) is 1.58. The molecule has 1 heterocycles. The molecule has 0 radical (unpaired) electrons. The van der Waals surface area contributed by atoms with Crippen LogP contribution in [0.4, 0.5) is 0 Å². The summed E-state index contributed by atoms with van der Waals surface area (Å²) < 4.78 is 10.5. The van der Waals surface area contributed by atoms with Crippen LogP contribution in [-0.2, 0) is 0 Å². The molecule has 0 aliphatic carbocycles. The van der Waals surface area contributed by atoms with E-state index >= 15 is 0 Å². The molecule has 2 aromatic rings. The number of methoxy groups -OCH3 is 2. The lowest BCUT2D eigenvalue weighted by Crippen LogP contribution is -1.92. The zero-order valence-electron chi connectivity index (χ0n) is 9.37. The van der Waals surface area contributed by atoms with Gasteiger partial charge in [0.15, 0.2) is 0 Å². The van der Waals surface area contributed by atoms with Gasteiger partial charge in [0.2, 0.25) is 0 Å². The van der Waals surface area contributed by atoms with E-state index in [1.54, 1.807) is 14.2 Å². The molecule has 1 aromatic heterocycles. The summed E-state index contributed by atoms with van der Waals surface area (Å²) in [5, 5.41) is 1.44. The van der Waals surface area contributed by atoms with Gasteiger partial charge in [0, 0.05) is 17.5 Å². The van der Waals surface area contributed by atoms with Crippen molar-refractivity contribution in [3.63, 3.8) is 0 Å². The SMILES string of the molecule is COc1cc(OC)c2cc(C)c(Cl)nc2c1. The quantitative estimate of drug-likeness (QED) is 0.752. The highest BCUT2D eigenvalue weighted by molar-refractivity contribution is 6.30. The van der Waals surface area contributed by atoms with E-state index in [1.165, 1.54) is 0 Å². The average Bonchev–Trinajstić information content (AvgIpc) is 2.29. The second kappa shape index (κ2) is 4.18. The first-order valence-electron chi connectivity index (χ1n) is 4.84. The van der Waals surface area contributed by atoms with Gasteiger partial charge in [0.1, 0.15) is 16.7 Å². The Kier molecular flexibility index (Phi) is 2.88. The highest BCUT2D eigenvalue weighted by Gasteiger charge is 2.08. The molecule has 0 bridgehead atoms. The van der Waals surface area contributed by atoms with E-state index in [0.717, 1.165) is 22.2 Å². The van der Waals surface area contributed by atoms with Crippen molar-refractivity contribution in [1.82, 2.24) is 4.98 Å². The fraction of sp³-hybridized carbons (Fsp3) is 0.250. The van der Waals surface area contributed by atoms with Crippen LogP contribution in [0, 0.1) is 6.92 Å². The Hall–Kier alpha value is -1.48. The summed E-state index contributed by atoms with van der Waals surface area (Å²) in [4.78, 5) is 4.30. The van der Waals surface area contributed by atoms with E-state index in [-0.39, 0.29) is 0 Å². The number of pyridine rings is 1. The second-order valence-electron chi connectivity index (χ2n) is 3.49. The number of halogens is 1. The molecule has 0 atom stereocenters. The summed E-state index contributed by atoms with van der Waals surface area (Å²) in [6, 6.07) is 5.63. The minimum atomic E-state index is 0.503. The number of rotatable bonds is 2. The summed E-state index contributed by atoms with van der Waals surface area (Å²) >= 11 is 5.99. The minimum absolute atomic E-state index is 0.503. The smallest absolute Gasteiger partial charge is 0.132 e. The largest absolute Gasteiger partial charge is 0.497 e. The Morgan fingerprint density at radius 2 is 1.88 bits per heavy atom. The van der Waals surface area contributed by atoms with Crippen LogP contribution < -0.4 is 9.47 Å².